The molecular weight excluding hydrogens is 206 g/mol. The van der Waals surface area contributed by atoms with Crippen LogP contribution in [0, 0.1) is 0 Å². The average molecular weight is 219 g/mol. The van der Waals surface area contributed by atoms with Gasteiger partial charge in [-0.25, -0.2) is 4.79 Å². The van der Waals surface area contributed by atoms with Crippen LogP contribution in [0.1, 0.15) is 5.56 Å². The van der Waals surface area contributed by atoms with Gasteiger partial charge in [-0.2, -0.15) is 0 Å². The first kappa shape index (κ1) is 10.5. The largest absolute Gasteiger partial charge is 0.497 e. The summed E-state index contributed by atoms with van der Waals surface area (Å²) in [7, 11) is 1.64. The Bertz CT molecular complexity index is 397. The molecule has 1 aromatic carbocycles. The van der Waals surface area contributed by atoms with Crippen molar-refractivity contribution in [3.8, 4) is 5.75 Å². The molecule has 84 valence electrons. The summed E-state index contributed by atoms with van der Waals surface area (Å²) in [6.07, 6.45) is 3.50. The molecule has 4 heteroatoms. The highest BCUT2D eigenvalue weighted by Gasteiger charge is 2.18. The molecule has 0 saturated carbocycles. The van der Waals surface area contributed by atoms with Crippen LogP contribution in [0.3, 0.4) is 0 Å². The van der Waals surface area contributed by atoms with E-state index in [0.717, 1.165) is 11.3 Å². The maximum absolute atomic E-state index is 10.8. The molecule has 1 aliphatic rings. The van der Waals surface area contributed by atoms with Gasteiger partial charge in [0.2, 0.25) is 0 Å². The number of nitrogens with one attached hydrogen (secondary N) is 1. The molecule has 1 fully saturated rings. The average Bonchev–Trinajstić information content (AvgIpc) is 2.73. The molecule has 1 N–H and O–H groups in total. The summed E-state index contributed by atoms with van der Waals surface area (Å²) in [5, 5.41) is 2.67. The molecular formula is C12H13NO3. The summed E-state index contributed by atoms with van der Waals surface area (Å²) < 4.78 is 9.83. The molecule has 1 amide bonds. The van der Waals surface area contributed by atoms with Crippen LogP contribution in [0.2, 0.25) is 0 Å². The second kappa shape index (κ2) is 4.70. The number of ether oxygens (including phenoxy) is 2. The zero-order valence-electron chi connectivity index (χ0n) is 8.97. The van der Waals surface area contributed by atoms with Gasteiger partial charge in [0.05, 0.1) is 13.2 Å². The van der Waals surface area contributed by atoms with E-state index >= 15 is 0 Å². The summed E-state index contributed by atoms with van der Waals surface area (Å²) in [5.41, 5.74) is 1.06. The zero-order chi connectivity index (χ0) is 11.4. The van der Waals surface area contributed by atoms with Crippen molar-refractivity contribution in [2.75, 3.05) is 13.7 Å². The predicted molar refractivity (Wildman–Crippen MR) is 60.3 cm³/mol. The summed E-state index contributed by atoms with van der Waals surface area (Å²) in [6, 6.07) is 7.65. The SMILES string of the molecule is COc1ccc(/C=C/C2COC(=O)N2)cc1. The maximum Gasteiger partial charge on any atom is 0.407 e. The van der Waals surface area contributed by atoms with Crippen LogP contribution >= 0.6 is 0 Å². The lowest BCUT2D eigenvalue weighted by Gasteiger charge is -2.01. The highest BCUT2D eigenvalue weighted by Crippen LogP contribution is 2.12. The molecule has 1 aliphatic heterocycles. The Morgan fingerprint density at radius 3 is 2.75 bits per heavy atom. The van der Waals surface area contributed by atoms with Crippen molar-refractivity contribution in [2.45, 2.75) is 6.04 Å². The molecule has 1 atom stereocenters. The Labute approximate surface area is 93.9 Å². The second-order valence-electron chi connectivity index (χ2n) is 3.48. The number of amides is 1. The van der Waals surface area contributed by atoms with Crippen molar-refractivity contribution in [2.24, 2.45) is 0 Å². The molecule has 1 aromatic rings. The van der Waals surface area contributed by atoms with E-state index < -0.39 is 0 Å². The van der Waals surface area contributed by atoms with Crippen molar-refractivity contribution in [1.29, 1.82) is 0 Å². The number of hydrogen-bond donors (Lipinski definition) is 1. The standard InChI is InChI=1S/C12H13NO3/c1-15-11-6-3-9(4-7-11)2-5-10-8-16-12(14)13-10/h2-7,10H,8H2,1H3,(H,13,14)/b5-2+. The molecule has 0 bridgehead atoms. The third-order valence-corrected chi connectivity index (χ3v) is 2.33. The van der Waals surface area contributed by atoms with E-state index in [1.165, 1.54) is 0 Å². The zero-order valence-corrected chi connectivity index (χ0v) is 8.97. The Morgan fingerprint density at radius 1 is 1.44 bits per heavy atom. The molecule has 1 saturated heterocycles. The molecule has 0 aromatic heterocycles. The molecule has 2 rings (SSSR count). The maximum atomic E-state index is 10.8. The second-order valence-corrected chi connectivity index (χ2v) is 3.48. The Kier molecular flexibility index (Phi) is 3.10. The predicted octanol–water partition coefficient (Wildman–Crippen LogP) is 1.82. The van der Waals surface area contributed by atoms with Crippen molar-refractivity contribution in [3.05, 3.63) is 35.9 Å². The number of carbonyl (C=O) groups excluding carboxylic acids is 1. The van der Waals surface area contributed by atoms with E-state index in [1.54, 1.807) is 7.11 Å². The van der Waals surface area contributed by atoms with Gasteiger partial charge in [0.25, 0.3) is 0 Å². The van der Waals surface area contributed by atoms with Gasteiger partial charge >= 0.3 is 6.09 Å². The van der Waals surface area contributed by atoms with E-state index in [4.69, 9.17) is 9.47 Å². The van der Waals surface area contributed by atoms with Crippen LogP contribution in [0.5, 0.6) is 5.75 Å². The minimum atomic E-state index is -0.357. The molecule has 16 heavy (non-hydrogen) atoms. The van der Waals surface area contributed by atoms with Crippen LogP contribution < -0.4 is 10.1 Å². The minimum absolute atomic E-state index is 0.0328. The number of cyclic esters (lactones) is 1. The summed E-state index contributed by atoms with van der Waals surface area (Å²) in [6.45, 7) is 0.394. The quantitative estimate of drug-likeness (QED) is 0.843. The molecule has 4 nitrogen and oxygen atoms in total. The van der Waals surface area contributed by atoms with E-state index in [9.17, 15) is 4.79 Å². The van der Waals surface area contributed by atoms with Gasteiger partial charge in [0.1, 0.15) is 12.4 Å². The fourth-order valence-corrected chi connectivity index (χ4v) is 1.45. The number of carbonyl (C=O) groups is 1. The fraction of sp³-hybridized carbons (Fsp3) is 0.250. The van der Waals surface area contributed by atoms with Crippen molar-refractivity contribution in [3.63, 3.8) is 0 Å². The minimum Gasteiger partial charge on any atom is -0.497 e. The van der Waals surface area contributed by atoms with Gasteiger partial charge in [0, 0.05) is 0 Å². The Morgan fingerprint density at radius 2 is 2.19 bits per heavy atom. The van der Waals surface area contributed by atoms with E-state index in [2.05, 4.69) is 5.32 Å². The van der Waals surface area contributed by atoms with E-state index in [0.29, 0.717) is 6.61 Å². The Hall–Kier alpha value is -1.97. The number of rotatable bonds is 3. The monoisotopic (exact) mass is 219 g/mol. The molecule has 0 aliphatic carbocycles. The molecule has 1 unspecified atom stereocenters. The van der Waals surface area contributed by atoms with Gasteiger partial charge in [-0.3, -0.25) is 0 Å². The molecule has 0 spiro atoms. The summed E-state index contributed by atoms with van der Waals surface area (Å²) in [5.74, 6) is 0.828. The normalized spacial score (nSPS) is 19.6. The number of methoxy groups -OCH3 is 1. The van der Waals surface area contributed by atoms with Crippen LogP contribution in [-0.2, 0) is 4.74 Å². The molecule has 0 radical (unpaired) electrons. The fourth-order valence-electron chi connectivity index (χ4n) is 1.45. The Balaban J connectivity index is 1.97. The number of alkyl carbamates (subject to hydrolysis) is 1. The van der Waals surface area contributed by atoms with E-state index in [-0.39, 0.29) is 12.1 Å². The highest BCUT2D eigenvalue weighted by atomic mass is 16.6. The first-order chi connectivity index (χ1) is 7.78. The summed E-state index contributed by atoms with van der Waals surface area (Å²) >= 11 is 0. The first-order valence-corrected chi connectivity index (χ1v) is 5.03. The lowest BCUT2D eigenvalue weighted by Crippen LogP contribution is -2.23. The first-order valence-electron chi connectivity index (χ1n) is 5.03. The van der Waals surface area contributed by atoms with Crippen LogP contribution in [0.4, 0.5) is 4.79 Å². The van der Waals surface area contributed by atoms with Crippen LogP contribution in [-0.4, -0.2) is 25.9 Å². The van der Waals surface area contributed by atoms with Crippen molar-refractivity contribution >= 4 is 12.2 Å². The third kappa shape index (κ3) is 2.53. The van der Waals surface area contributed by atoms with Crippen LogP contribution in [0.15, 0.2) is 30.3 Å². The number of hydrogen-bond acceptors (Lipinski definition) is 3. The van der Waals surface area contributed by atoms with Crippen molar-refractivity contribution in [1.82, 2.24) is 5.32 Å². The highest BCUT2D eigenvalue weighted by molar-refractivity contribution is 5.70. The smallest absolute Gasteiger partial charge is 0.407 e. The van der Waals surface area contributed by atoms with Gasteiger partial charge in [-0.05, 0) is 17.7 Å². The van der Waals surface area contributed by atoms with E-state index in [1.807, 2.05) is 36.4 Å². The number of benzene rings is 1. The third-order valence-electron chi connectivity index (χ3n) is 2.33. The lowest BCUT2D eigenvalue weighted by atomic mass is 10.2. The van der Waals surface area contributed by atoms with Crippen molar-refractivity contribution < 1.29 is 14.3 Å². The van der Waals surface area contributed by atoms with Gasteiger partial charge in [-0.15, -0.1) is 0 Å². The van der Waals surface area contributed by atoms with Gasteiger partial charge in [0.15, 0.2) is 0 Å². The van der Waals surface area contributed by atoms with Gasteiger partial charge < -0.3 is 14.8 Å². The van der Waals surface area contributed by atoms with Crippen LogP contribution in [0.25, 0.3) is 6.08 Å². The van der Waals surface area contributed by atoms with Gasteiger partial charge in [-0.1, -0.05) is 24.3 Å². The topological polar surface area (TPSA) is 47.6 Å². The molecule has 1 heterocycles. The summed E-state index contributed by atoms with van der Waals surface area (Å²) in [4.78, 5) is 10.8. The lowest BCUT2D eigenvalue weighted by molar-refractivity contribution is 0.177.